The standard InChI is InChI=1S/C17H22N2OS/c1-12(2)19(11-14-6-5-9-21-14)17(20)15-8-7-13(3)10-16(15)18-4/h5-10,12,18H,11H2,1-4H3. The molecule has 0 aliphatic heterocycles. The molecule has 0 atom stereocenters. The first-order valence-corrected chi connectivity index (χ1v) is 8.02. The molecule has 112 valence electrons. The minimum Gasteiger partial charge on any atom is -0.387 e. The number of anilines is 1. The summed E-state index contributed by atoms with van der Waals surface area (Å²) >= 11 is 1.68. The lowest BCUT2D eigenvalue weighted by molar-refractivity contribution is 0.0693. The number of thiophene rings is 1. The van der Waals surface area contributed by atoms with Gasteiger partial charge in [-0.15, -0.1) is 11.3 Å². The van der Waals surface area contributed by atoms with Crippen molar-refractivity contribution < 1.29 is 4.79 Å². The van der Waals surface area contributed by atoms with Crippen LogP contribution in [0, 0.1) is 6.92 Å². The molecule has 0 aliphatic rings. The number of nitrogens with zero attached hydrogens (tertiary/aromatic N) is 1. The fourth-order valence-corrected chi connectivity index (χ4v) is 2.97. The van der Waals surface area contributed by atoms with Crippen LogP contribution in [0.2, 0.25) is 0 Å². The van der Waals surface area contributed by atoms with Gasteiger partial charge in [-0.05, 0) is 49.9 Å². The number of rotatable bonds is 5. The molecule has 0 saturated heterocycles. The number of aryl methyl sites for hydroxylation is 1. The van der Waals surface area contributed by atoms with E-state index in [1.54, 1.807) is 11.3 Å². The third kappa shape index (κ3) is 3.64. The number of nitrogens with one attached hydrogen (secondary N) is 1. The van der Waals surface area contributed by atoms with Crippen LogP contribution in [-0.4, -0.2) is 23.9 Å². The van der Waals surface area contributed by atoms with Gasteiger partial charge in [-0.2, -0.15) is 0 Å². The topological polar surface area (TPSA) is 32.3 Å². The molecule has 0 bridgehead atoms. The maximum Gasteiger partial charge on any atom is 0.256 e. The molecule has 0 fully saturated rings. The number of amides is 1. The van der Waals surface area contributed by atoms with E-state index in [0.717, 1.165) is 16.8 Å². The second-order valence-electron chi connectivity index (χ2n) is 5.41. The van der Waals surface area contributed by atoms with Crippen molar-refractivity contribution in [2.75, 3.05) is 12.4 Å². The van der Waals surface area contributed by atoms with Crippen molar-refractivity contribution in [2.24, 2.45) is 0 Å². The Morgan fingerprint density at radius 3 is 2.67 bits per heavy atom. The number of carbonyl (C=O) groups is 1. The highest BCUT2D eigenvalue weighted by Crippen LogP contribution is 2.22. The number of hydrogen-bond acceptors (Lipinski definition) is 3. The summed E-state index contributed by atoms with van der Waals surface area (Å²) in [4.78, 5) is 16.0. The Morgan fingerprint density at radius 1 is 1.33 bits per heavy atom. The first-order valence-electron chi connectivity index (χ1n) is 7.14. The molecule has 21 heavy (non-hydrogen) atoms. The minimum absolute atomic E-state index is 0.0720. The van der Waals surface area contributed by atoms with Gasteiger partial charge < -0.3 is 10.2 Å². The van der Waals surface area contributed by atoms with Crippen LogP contribution in [0.1, 0.15) is 34.6 Å². The van der Waals surface area contributed by atoms with Crippen molar-refractivity contribution in [1.82, 2.24) is 4.90 Å². The Morgan fingerprint density at radius 2 is 2.10 bits per heavy atom. The van der Waals surface area contributed by atoms with Crippen LogP contribution >= 0.6 is 11.3 Å². The third-order valence-electron chi connectivity index (χ3n) is 3.47. The van der Waals surface area contributed by atoms with Gasteiger partial charge in [0.2, 0.25) is 0 Å². The zero-order valence-corrected chi connectivity index (χ0v) is 13.8. The van der Waals surface area contributed by atoms with Crippen molar-refractivity contribution >= 4 is 22.9 Å². The van der Waals surface area contributed by atoms with Gasteiger partial charge in [-0.1, -0.05) is 12.1 Å². The maximum absolute atomic E-state index is 12.9. The fourth-order valence-electron chi connectivity index (χ4n) is 2.27. The van der Waals surface area contributed by atoms with E-state index in [9.17, 15) is 4.79 Å². The zero-order valence-electron chi connectivity index (χ0n) is 13.0. The highest BCUT2D eigenvalue weighted by Gasteiger charge is 2.21. The molecule has 2 aromatic rings. The molecule has 1 N–H and O–H groups in total. The monoisotopic (exact) mass is 302 g/mol. The minimum atomic E-state index is 0.0720. The van der Waals surface area contributed by atoms with Gasteiger partial charge in [-0.25, -0.2) is 0 Å². The third-order valence-corrected chi connectivity index (χ3v) is 4.33. The predicted octanol–water partition coefficient (Wildman–Crippen LogP) is 4.15. The molecule has 0 saturated carbocycles. The van der Waals surface area contributed by atoms with Crippen LogP contribution in [0.15, 0.2) is 35.7 Å². The first kappa shape index (κ1) is 15.6. The van der Waals surface area contributed by atoms with Crippen molar-refractivity contribution in [2.45, 2.75) is 33.4 Å². The summed E-state index contributed by atoms with van der Waals surface area (Å²) in [5.41, 5.74) is 2.76. The molecular weight excluding hydrogens is 280 g/mol. The molecule has 2 rings (SSSR count). The van der Waals surface area contributed by atoms with E-state index in [4.69, 9.17) is 0 Å². The van der Waals surface area contributed by atoms with Crippen molar-refractivity contribution in [3.63, 3.8) is 0 Å². The maximum atomic E-state index is 12.9. The fraction of sp³-hybridized carbons (Fsp3) is 0.353. The molecule has 1 amide bonds. The van der Waals surface area contributed by atoms with Gasteiger partial charge in [-0.3, -0.25) is 4.79 Å². The Bertz CT molecular complexity index is 605. The normalized spacial score (nSPS) is 10.7. The number of hydrogen-bond donors (Lipinski definition) is 1. The number of carbonyl (C=O) groups excluding carboxylic acids is 1. The highest BCUT2D eigenvalue weighted by molar-refractivity contribution is 7.09. The van der Waals surface area contributed by atoms with Crippen molar-refractivity contribution in [1.29, 1.82) is 0 Å². The molecule has 0 unspecified atom stereocenters. The van der Waals surface area contributed by atoms with Gasteiger partial charge in [0.25, 0.3) is 5.91 Å². The van der Waals surface area contributed by atoms with Crippen LogP contribution in [0.4, 0.5) is 5.69 Å². The zero-order chi connectivity index (χ0) is 15.4. The van der Waals surface area contributed by atoms with E-state index < -0.39 is 0 Å². The Hall–Kier alpha value is -1.81. The summed E-state index contributed by atoms with van der Waals surface area (Å²) in [7, 11) is 1.85. The molecule has 1 aromatic heterocycles. The average molecular weight is 302 g/mol. The molecule has 4 heteroatoms. The summed E-state index contributed by atoms with van der Waals surface area (Å²) in [6.45, 7) is 6.80. The molecule has 1 heterocycles. The molecule has 0 aliphatic carbocycles. The van der Waals surface area contributed by atoms with Crippen molar-refractivity contribution in [3.8, 4) is 0 Å². The molecular formula is C17H22N2OS. The van der Waals surface area contributed by atoms with Gasteiger partial charge in [0, 0.05) is 23.7 Å². The lowest BCUT2D eigenvalue weighted by atomic mass is 10.1. The summed E-state index contributed by atoms with van der Waals surface area (Å²) < 4.78 is 0. The van der Waals surface area contributed by atoms with E-state index in [0.29, 0.717) is 6.54 Å². The molecule has 1 aromatic carbocycles. The van der Waals surface area contributed by atoms with Gasteiger partial charge in [0.05, 0.1) is 12.1 Å². The van der Waals surface area contributed by atoms with E-state index in [1.165, 1.54) is 4.88 Å². The summed E-state index contributed by atoms with van der Waals surface area (Å²) in [6, 6.07) is 10.2. The van der Waals surface area contributed by atoms with Crippen LogP contribution in [-0.2, 0) is 6.54 Å². The smallest absolute Gasteiger partial charge is 0.256 e. The Balaban J connectivity index is 2.30. The SMILES string of the molecule is CNc1cc(C)ccc1C(=O)N(Cc1cccs1)C(C)C. The molecule has 0 radical (unpaired) electrons. The van der Waals surface area contributed by atoms with Gasteiger partial charge in [0.15, 0.2) is 0 Å². The number of benzene rings is 1. The first-order chi connectivity index (χ1) is 10.0. The predicted molar refractivity (Wildman–Crippen MR) is 90.1 cm³/mol. The van der Waals surface area contributed by atoms with Crippen molar-refractivity contribution in [3.05, 3.63) is 51.7 Å². The van der Waals surface area contributed by atoms with Gasteiger partial charge >= 0.3 is 0 Å². The Labute approximate surface area is 130 Å². The van der Waals surface area contributed by atoms with Crippen LogP contribution in [0.25, 0.3) is 0 Å². The van der Waals surface area contributed by atoms with Crippen LogP contribution in [0.5, 0.6) is 0 Å². The second-order valence-corrected chi connectivity index (χ2v) is 6.44. The average Bonchev–Trinajstić information content (AvgIpc) is 2.96. The summed E-state index contributed by atoms with van der Waals surface area (Å²) in [5, 5.41) is 5.17. The van der Waals surface area contributed by atoms with Gasteiger partial charge in [0.1, 0.15) is 0 Å². The lowest BCUT2D eigenvalue weighted by Crippen LogP contribution is -2.36. The largest absolute Gasteiger partial charge is 0.387 e. The van der Waals surface area contributed by atoms with E-state index >= 15 is 0 Å². The van der Waals surface area contributed by atoms with E-state index in [2.05, 4.69) is 25.2 Å². The summed E-state index contributed by atoms with van der Waals surface area (Å²) in [6.07, 6.45) is 0. The van der Waals surface area contributed by atoms with E-state index in [1.807, 2.05) is 48.5 Å². The second kappa shape index (κ2) is 6.76. The quantitative estimate of drug-likeness (QED) is 0.900. The lowest BCUT2D eigenvalue weighted by Gasteiger charge is -2.27. The van der Waals surface area contributed by atoms with Crippen LogP contribution < -0.4 is 5.32 Å². The highest BCUT2D eigenvalue weighted by atomic mass is 32.1. The van der Waals surface area contributed by atoms with E-state index in [-0.39, 0.29) is 11.9 Å². The van der Waals surface area contributed by atoms with Crippen LogP contribution in [0.3, 0.4) is 0 Å². The molecule has 0 spiro atoms. The summed E-state index contributed by atoms with van der Waals surface area (Å²) in [5.74, 6) is 0.0720. The molecule has 3 nitrogen and oxygen atoms in total. The Kier molecular flexibility index (Phi) is 5.02.